The number of para-hydroxylation sites is 1. The normalized spacial score (nSPS) is 16.1. The Labute approximate surface area is 198 Å². The molecule has 3 heterocycles. The van der Waals surface area contributed by atoms with Crippen molar-refractivity contribution in [3.8, 4) is 5.13 Å². The quantitative estimate of drug-likeness (QED) is 0.336. The SMILES string of the molecule is CCCc1[nH]n(-c2nc3ccccc3s2)c(=O)c1[C@@H]1CC(=O)N(c2ccc(C(C)=O)cc2)C1=O. The van der Waals surface area contributed by atoms with E-state index in [1.54, 1.807) is 24.3 Å². The molecule has 2 aromatic carbocycles. The lowest BCUT2D eigenvalue weighted by Crippen LogP contribution is -2.31. The summed E-state index contributed by atoms with van der Waals surface area (Å²) in [7, 11) is 0. The third-order valence-corrected chi connectivity index (χ3v) is 7.03. The van der Waals surface area contributed by atoms with Gasteiger partial charge in [-0.2, -0.15) is 4.68 Å². The van der Waals surface area contributed by atoms with Gasteiger partial charge in [-0.25, -0.2) is 4.98 Å². The monoisotopic (exact) mass is 474 g/mol. The minimum Gasteiger partial charge on any atom is -0.295 e. The van der Waals surface area contributed by atoms with Crippen LogP contribution >= 0.6 is 11.3 Å². The highest BCUT2D eigenvalue weighted by molar-refractivity contribution is 7.20. The zero-order valence-corrected chi connectivity index (χ0v) is 19.5. The number of H-pyrrole nitrogens is 1. The van der Waals surface area contributed by atoms with Crippen molar-refractivity contribution in [1.82, 2.24) is 14.8 Å². The molecule has 9 heteroatoms. The van der Waals surface area contributed by atoms with Crippen LogP contribution in [-0.2, 0) is 16.0 Å². The number of amides is 2. The summed E-state index contributed by atoms with van der Waals surface area (Å²) < 4.78 is 2.33. The summed E-state index contributed by atoms with van der Waals surface area (Å²) in [5.74, 6) is -1.79. The molecule has 0 radical (unpaired) electrons. The van der Waals surface area contributed by atoms with Crippen molar-refractivity contribution in [2.24, 2.45) is 0 Å². The van der Waals surface area contributed by atoms with Gasteiger partial charge in [-0.05, 0) is 49.7 Å². The summed E-state index contributed by atoms with van der Waals surface area (Å²) in [6.07, 6.45) is 1.24. The number of hydrogen-bond acceptors (Lipinski definition) is 6. The van der Waals surface area contributed by atoms with Gasteiger partial charge < -0.3 is 0 Å². The summed E-state index contributed by atoms with van der Waals surface area (Å²) in [6.45, 7) is 3.44. The summed E-state index contributed by atoms with van der Waals surface area (Å²) in [6, 6.07) is 14.0. The number of Topliss-reactive ketones (excluding diaryl/α,β-unsaturated/α-hetero) is 1. The highest BCUT2D eigenvalue weighted by Crippen LogP contribution is 2.34. The molecular weight excluding hydrogens is 452 g/mol. The Hall–Kier alpha value is -3.85. The average molecular weight is 475 g/mol. The van der Waals surface area contributed by atoms with Gasteiger partial charge in [0.05, 0.1) is 27.4 Å². The number of hydrogen-bond donors (Lipinski definition) is 1. The van der Waals surface area contributed by atoms with E-state index in [1.165, 1.54) is 22.9 Å². The van der Waals surface area contributed by atoms with Crippen molar-refractivity contribution >= 4 is 44.8 Å². The van der Waals surface area contributed by atoms with Crippen LogP contribution in [0, 0.1) is 0 Å². The first-order valence-electron chi connectivity index (χ1n) is 11.1. The number of aromatic amines is 1. The fraction of sp³-hybridized carbons (Fsp3) is 0.240. The smallest absolute Gasteiger partial charge is 0.277 e. The minimum atomic E-state index is -0.874. The number of ketones is 1. The maximum absolute atomic E-state index is 13.5. The molecule has 0 aliphatic carbocycles. The number of carbonyl (C=O) groups is 3. The number of nitrogens with zero attached hydrogens (tertiary/aromatic N) is 3. The van der Waals surface area contributed by atoms with E-state index in [2.05, 4.69) is 10.1 Å². The number of carbonyl (C=O) groups excluding carboxylic acids is 3. The van der Waals surface area contributed by atoms with Crippen LogP contribution in [0.1, 0.15) is 54.2 Å². The highest BCUT2D eigenvalue weighted by atomic mass is 32.1. The lowest BCUT2D eigenvalue weighted by atomic mass is 9.96. The van der Waals surface area contributed by atoms with Crippen molar-refractivity contribution in [3.05, 3.63) is 75.7 Å². The Balaban J connectivity index is 1.55. The Morgan fingerprint density at radius 1 is 1.12 bits per heavy atom. The van der Waals surface area contributed by atoms with Gasteiger partial charge in [-0.15, -0.1) is 0 Å². The zero-order chi connectivity index (χ0) is 24.0. The number of rotatable bonds is 6. The third kappa shape index (κ3) is 3.58. The number of thiazole rings is 1. The largest absolute Gasteiger partial charge is 0.295 e. The van der Waals surface area contributed by atoms with Crippen LogP contribution in [0.2, 0.25) is 0 Å². The number of anilines is 1. The molecule has 1 saturated heterocycles. The Bertz CT molecular complexity index is 1460. The second-order valence-electron chi connectivity index (χ2n) is 8.29. The fourth-order valence-corrected chi connectivity index (χ4v) is 5.29. The first-order chi connectivity index (χ1) is 16.4. The van der Waals surface area contributed by atoms with E-state index < -0.39 is 11.8 Å². The molecule has 4 aromatic rings. The predicted molar refractivity (Wildman–Crippen MR) is 130 cm³/mol. The Kier molecular flexibility index (Phi) is 5.49. The number of nitrogens with one attached hydrogen (secondary N) is 1. The van der Waals surface area contributed by atoms with Crippen LogP contribution in [-0.4, -0.2) is 32.4 Å². The number of benzene rings is 2. The maximum Gasteiger partial charge on any atom is 0.277 e. The van der Waals surface area contributed by atoms with Crippen LogP contribution in [0.15, 0.2) is 53.3 Å². The molecule has 1 aliphatic rings. The maximum atomic E-state index is 13.5. The van der Waals surface area contributed by atoms with Crippen LogP contribution in [0.25, 0.3) is 15.3 Å². The van der Waals surface area contributed by atoms with Crippen LogP contribution < -0.4 is 10.5 Å². The van der Waals surface area contributed by atoms with E-state index in [9.17, 15) is 19.2 Å². The molecule has 5 rings (SSSR count). The van der Waals surface area contributed by atoms with Crippen molar-refractivity contribution in [2.45, 2.75) is 39.0 Å². The number of aromatic nitrogens is 3. The van der Waals surface area contributed by atoms with Gasteiger partial charge in [0.1, 0.15) is 0 Å². The summed E-state index contributed by atoms with van der Waals surface area (Å²) in [5.41, 5.74) is 2.28. The van der Waals surface area contributed by atoms with Gasteiger partial charge in [0, 0.05) is 17.7 Å². The molecule has 1 fully saturated rings. The van der Waals surface area contributed by atoms with Crippen molar-refractivity contribution in [3.63, 3.8) is 0 Å². The van der Waals surface area contributed by atoms with E-state index in [-0.39, 0.29) is 23.7 Å². The van der Waals surface area contributed by atoms with Crippen LogP contribution in [0.5, 0.6) is 0 Å². The molecule has 0 spiro atoms. The van der Waals surface area contributed by atoms with E-state index in [0.29, 0.717) is 34.1 Å². The van der Waals surface area contributed by atoms with Gasteiger partial charge in [0.15, 0.2) is 5.78 Å². The van der Waals surface area contributed by atoms with Crippen molar-refractivity contribution in [1.29, 1.82) is 0 Å². The van der Waals surface area contributed by atoms with Gasteiger partial charge in [0.2, 0.25) is 16.9 Å². The lowest BCUT2D eigenvalue weighted by molar-refractivity contribution is -0.121. The molecule has 8 nitrogen and oxygen atoms in total. The molecule has 0 bridgehead atoms. The highest BCUT2D eigenvalue weighted by Gasteiger charge is 2.43. The summed E-state index contributed by atoms with van der Waals surface area (Å²) in [4.78, 5) is 57.0. The molecule has 1 aliphatic heterocycles. The molecule has 172 valence electrons. The molecule has 1 N–H and O–H groups in total. The average Bonchev–Trinajstić information content (AvgIpc) is 3.47. The molecule has 0 unspecified atom stereocenters. The van der Waals surface area contributed by atoms with Crippen molar-refractivity contribution in [2.75, 3.05) is 4.90 Å². The third-order valence-electron chi connectivity index (χ3n) is 6.01. The van der Waals surface area contributed by atoms with E-state index in [0.717, 1.165) is 21.5 Å². The van der Waals surface area contributed by atoms with Gasteiger partial charge >= 0.3 is 0 Å². The first-order valence-corrected chi connectivity index (χ1v) is 11.9. The Morgan fingerprint density at radius 2 is 1.85 bits per heavy atom. The van der Waals surface area contributed by atoms with E-state index >= 15 is 0 Å². The number of aryl methyl sites for hydroxylation is 1. The second kappa shape index (κ2) is 8.49. The number of imide groups is 1. The molecule has 2 amide bonds. The lowest BCUT2D eigenvalue weighted by Gasteiger charge is -2.15. The molecular formula is C25H22N4O4S. The minimum absolute atomic E-state index is 0.0864. The van der Waals surface area contributed by atoms with E-state index in [4.69, 9.17) is 0 Å². The van der Waals surface area contributed by atoms with Crippen LogP contribution in [0.3, 0.4) is 0 Å². The topological polar surface area (TPSA) is 105 Å². The standard InChI is InChI=1S/C25H22N4O4S/c1-3-6-19-22(24(33)29(27-19)25-26-18-7-4-5-8-20(18)34-25)17-13-21(31)28(23(17)32)16-11-9-15(10-12-16)14(2)30/h4-5,7-12,17,27H,3,6,13H2,1-2H3/t17-/m0/s1. The number of fused-ring (bicyclic) bond motifs is 1. The molecule has 1 atom stereocenters. The van der Waals surface area contributed by atoms with Gasteiger partial charge in [-0.1, -0.05) is 36.8 Å². The Morgan fingerprint density at radius 3 is 2.53 bits per heavy atom. The van der Waals surface area contributed by atoms with E-state index in [1.807, 2.05) is 31.2 Å². The van der Waals surface area contributed by atoms with Gasteiger partial charge in [0.25, 0.3) is 5.56 Å². The summed E-state index contributed by atoms with van der Waals surface area (Å²) >= 11 is 1.38. The van der Waals surface area contributed by atoms with Crippen molar-refractivity contribution < 1.29 is 14.4 Å². The molecule has 34 heavy (non-hydrogen) atoms. The molecule has 0 saturated carbocycles. The predicted octanol–water partition coefficient (Wildman–Crippen LogP) is 3.98. The second-order valence-corrected chi connectivity index (χ2v) is 9.30. The summed E-state index contributed by atoms with van der Waals surface area (Å²) in [5, 5.41) is 3.64. The molecule has 2 aromatic heterocycles. The zero-order valence-electron chi connectivity index (χ0n) is 18.7. The fourth-order valence-electron chi connectivity index (χ4n) is 4.36. The van der Waals surface area contributed by atoms with Crippen LogP contribution in [0.4, 0.5) is 5.69 Å². The first kappa shape index (κ1) is 22.0. The van der Waals surface area contributed by atoms with Gasteiger partial charge in [-0.3, -0.25) is 29.2 Å².